The highest BCUT2D eigenvalue weighted by Gasteiger charge is 2.54. The predicted molar refractivity (Wildman–Crippen MR) is 196 cm³/mol. The number of nitrogens with zero attached hydrogens (tertiary/aromatic N) is 3. The van der Waals surface area contributed by atoms with Crippen molar-refractivity contribution in [2.24, 2.45) is 10.8 Å². The van der Waals surface area contributed by atoms with Crippen LogP contribution >= 0.6 is 54.5 Å². The lowest BCUT2D eigenvalue weighted by molar-refractivity contribution is -0.121. The Morgan fingerprint density at radius 3 is 1.57 bits per heavy atom. The fourth-order valence-corrected chi connectivity index (χ4v) is 6.69. The van der Waals surface area contributed by atoms with Crippen LogP contribution in [0.3, 0.4) is 0 Å². The number of benzene rings is 2. The quantitative estimate of drug-likeness (QED) is 0.303. The van der Waals surface area contributed by atoms with Crippen LogP contribution in [0.5, 0.6) is 0 Å². The van der Waals surface area contributed by atoms with Gasteiger partial charge in [0.1, 0.15) is 11.2 Å². The summed E-state index contributed by atoms with van der Waals surface area (Å²) < 4.78 is 14.0. The second kappa shape index (κ2) is 14.6. The van der Waals surface area contributed by atoms with Gasteiger partial charge in [0, 0.05) is 81.1 Å². The highest BCUT2D eigenvalue weighted by molar-refractivity contribution is 14.1. The van der Waals surface area contributed by atoms with Crippen LogP contribution in [0.2, 0.25) is 0 Å². The van der Waals surface area contributed by atoms with Crippen molar-refractivity contribution in [3.8, 4) is 0 Å². The van der Waals surface area contributed by atoms with E-state index in [0.29, 0.717) is 52.1 Å². The van der Waals surface area contributed by atoms with Crippen LogP contribution in [0, 0.1) is 14.4 Å². The summed E-state index contributed by atoms with van der Waals surface area (Å²) in [5, 5.41) is 2.80. The zero-order valence-electron chi connectivity index (χ0n) is 27.7. The van der Waals surface area contributed by atoms with E-state index in [4.69, 9.17) is 9.47 Å². The van der Waals surface area contributed by atoms with Gasteiger partial charge < -0.3 is 29.5 Å². The van der Waals surface area contributed by atoms with E-state index >= 15 is 0 Å². The molecule has 10 nitrogen and oxygen atoms in total. The number of nitrogens with one attached hydrogen (secondary N) is 1. The van der Waals surface area contributed by atoms with E-state index in [-0.39, 0.29) is 34.8 Å². The topological polar surface area (TPSA) is 108 Å². The van der Waals surface area contributed by atoms with E-state index < -0.39 is 11.2 Å². The lowest BCUT2D eigenvalue weighted by Crippen LogP contribution is -2.60. The maximum absolute atomic E-state index is 12.4. The van der Waals surface area contributed by atoms with E-state index in [1.54, 1.807) is 9.80 Å². The van der Waals surface area contributed by atoms with Gasteiger partial charge in [-0.25, -0.2) is 9.59 Å². The van der Waals surface area contributed by atoms with Gasteiger partial charge >= 0.3 is 12.2 Å². The lowest BCUT2D eigenvalue weighted by Gasteiger charge is -2.47. The van der Waals surface area contributed by atoms with Crippen molar-refractivity contribution in [2.75, 3.05) is 44.2 Å². The number of halogens is 3. The molecule has 4 heterocycles. The van der Waals surface area contributed by atoms with Crippen molar-refractivity contribution in [1.82, 2.24) is 15.1 Å². The molecule has 6 rings (SSSR count). The maximum Gasteiger partial charge on any atom is 0.410 e. The molecule has 4 fully saturated rings. The lowest BCUT2D eigenvalue weighted by atomic mass is 9.79. The third-order valence-corrected chi connectivity index (χ3v) is 9.64. The zero-order chi connectivity index (χ0) is 34.8. The standard InChI is InChI=1S/C17H21BrN2O3.C11H18N2O3.C6H4BrI/c1-16(2,3)23-15(22)19-9-17(10-19)8-14(21)20(11-17)13-6-4-12(18)5-7-13;1-10(2,3)16-9(15)13-6-11(7-13)4-8(14)12-5-11;7-5-1-3-6(8)4-2-5/h4-7H,8-11H2,1-3H3;4-7H2,1-3H3,(H,12,14);1-4H. The van der Waals surface area contributed by atoms with Crippen LogP contribution in [0.1, 0.15) is 54.4 Å². The molecule has 4 saturated heterocycles. The molecule has 13 heteroatoms. The molecule has 0 aromatic heterocycles. The zero-order valence-corrected chi connectivity index (χ0v) is 33.0. The first-order chi connectivity index (χ1) is 21.8. The fourth-order valence-electron chi connectivity index (χ4n) is 5.81. The Kier molecular flexibility index (Phi) is 11.6. The van der Waals surface area contributed by atoms with Gasteiger partial charge in [-0.2, -0.15) is 0 Å². The van der Waals surface area contributed by atoms with Gasteiger partial charge in [0.15, 0.2) is 0 Å². The Morgan fingerprint density at radius 2 is 1.17 bits per heavy atom. The Balaban J connectivity index is 0.000000180. The highest BCUT2D eigenvalue weighted by atomic mass is 127. The van der Waals surface area contributed by atoms with Crippen molar-refractivity contribution in [1.29, 1.82) is 0 Å². The molecule has 0 radical (unpaired) electrons. The number of hydrogen-bond donors (Lipinski definition) is 1. The van der Waals surface area contributed by atoms with Crippen LogP contribution < -0.4 is 10.2 Å². The number of hydrogen-bond acceptors (Lipinski definition) is 6. The summed E-state index contributed by atoms with van der Waals surface area (Å²) in [6, 6.07) is 15.9. The number of likely N-dealkylation sites (tertiary alicyclic amines) is 2. The van der Waals surface area contributed by atoms with Gasteiger partial charge in [0.25, 0.3) is 0 Å². The van der Waals surface area contributed by atoms with Crippen molar-refractivity contribution < 1.29 is 28.7 Å². The molecule has 0 saturated carbocycles. The van der Waals surface area contributed by atoms with Crippen molar-refractivity contribution >= 4 is 84.1 Å². The summed E-state index contributed by atoms with van der Waals surface area (Å²) in [7, 11) is 0. The largest absolute Gasteiger partial charge is 0.444 e. The first-order valence-electron chi connectivity index (χ1n) is 15.5. The van der Waals surface area contributed by atoms with Crippen molar-refractivity contribution in [2.45, 2.75) is 65.6 Å². The Bertz CT molecular complexity index is 1440. The monoisotopic (exact) mass is 888 g/mol. The molecule has 0 atom stereocenters. The van der Waals surface area contributed by atoms with E-state index in [0.717, 1.165) is 14.6 Å². The molecule has 0 bridgehead atoms. The number of rotatable bonds is 1. The molecular formula is C34H43Br2IN4O6. The molecule has 2 spiro atoms. The van der Waals surface area contributed by atoms with E-state index in [9.17, 15) is 19.2 Å². The van der Waals surface area contributed by atoms with E-state index in [2.05, 4.69) is 71.9 Å². The van der Waals surface area contributed by atoms with Crippen LogP contribution in [0.4, 0.5) is 15.3 Å². The second-order valence-electron chi connectivity index (χ2n) is 14.7. The van der Waals surface area contributed by atoms with Crippen molar-refractivity contribution in [3.05, 3.63) is 61.0 Å². The minimum Gasteiger partial charge on any atom is -0.444 e. The average Bonchev–Trinajstić information content (AvgIpc) is 3.48. The van der Waals surface area contributed by atoms with Crippen LogP contribution in [0.15, 0.2) is 57.5 Å². The van der Waals surface area contributed by atoms with E-state index in [1.807, 2.05) is 82.8 Å². The van der Waals surface area contributed by atoms with Gasteiger partial charge in [0.05, 0.1) is 0 Å². The molecule has 47 heavy (non-hydrogen) atoms. The Hall–Kier alpha value is -2.39. The Morgan fingerprint density at radius 1 is 0.723 bits per heavy atom. The molecule has 4 aliphatic heterocycles. The first kappa shape index (κ1) is 37.4. The number of ether oxygens (including phenoxy) is 2. The third-order valence-electron chi connectivity index (χ3n) is 7.87. The summed E-state index contributed by atoms with van der Waals surface area (Å²) in [6.07, 6.45) is 0.449. The van der Waals surface area contributed by atoms with Gasteiger partial charge in [0.2, 0.25) is 11.8 Å². The van der Waals surface area contributed by atoms with Crippen LogP contribution in [-0.2, 0) is 19.1 Å². The predicted octanol–water partition coefficient (Wildman–Crippen LogP) is 7.22. The minimum absolute atomic E-state index is 0.0199. The molecule has 2 aromatic rings. The van der Waals surface area contributed by atoms with Crippen molar-refractivity contribution in [3.63, 3.8) is 0 Å². The Labute approximate surface area is 307 Å². The van der Waals surface area contributed by atoms with E-state index in [1.165, 1.54) is 3.57 Å². The fraction of sp³-hybridized carbons (Fsp3) is 0.529. The second-order valence-corrected chi connectivity index (χ2v) is 17.8. The number of carbonyl (C=O) groups is 4. The molecule has 0 aliphatic carbocycles. The first-order valence-corrected chi connectivity index (χ1v) is 18.1. The average molecular weight is 890 g/mol. The molecular weight excluding hydrogens is 847 g/mol. The number of carbonyl (C=O) groups excluding carboxylic acids is 4. The summed E-state index contributed by atoms with van der Waals surface area (Å²) in [5.41, 5.74) is -0.182. The molecule has 2 aromatic carbocycles. The normalized spacial score (nSPS) is 19.1. The molecule has 4 amide bonds. The molecule has 4 aliphatic rings. The maximum atomic E-state index is 12.4. The minimum atomic E-state index is -0.491. The summed E-state index contributed by atoms with van der Waals surface area (Å²) >= 11 is 9.02. The molecule has 1 N–H and O–H groups in total. The summed E-state index contributed by atoms with van der Waals surface area (Å²) in [6.45, 7) is 14.9. The number of anilines is 1. The molecule has 256 valence electrons. The summed E-state index contributed by atoms with van der Waals surface area (Å²) in [4.78, 5) is 52.3. The van der Waals surface area contributed by atoms with Gasteiger partial charge in [-0.15, -0.1) is 0 Å². The number of amides is 4. The van der Waals surface area contributed by atoms with Crippen LogP contribution in [0.25, 0.3) is 0 Å². The van der Waals surface area contributed by atoms with Gasteiger partial charge in [-0.3, -0.25) is 9.59 Å². The van der Waals surface area contributed by atoms with Gasteiger partial charge in [-0.05, 0) is 113 Å². The smallest absolute Gasteiger partial charge is 0.410 e. The summed E-state index contributed by atoms with van der Waals surface area (Å²) in [5.74, 6) is 0.208. The van der Waals surface area contributed by atoms with Gasteiger partial charge in [-0.1, -0.05) is 31.9 Å². The SMILES string of the molecule is Brc1ccc(I)cc1.CC(C)(C)OC(=O)N1CC2(CC(=O)N(c3ccc(Br)cc3)C2)C1.CC(C)(C)OC(=O)N1CC2(CNC(=O)C2)C1. The highest BCUT2D eigenvalue weighted by Crippen LogP contribution is 2.42. The third kappa shape index (κ3) is 10.5. The van der Waals surface area contributed by atoms with Crippen LogP contribution in [-0.4, -0.2) is 84.3 Å². The molecule has 0 unspecified atom stereocenters.